The largest absolute Gasteiger partial charge is 0.339 e. The van der Waals surface area contributed by atoms with Crippen LogP contribution in [0.15, 0.2) is 30.5 Å². The Bertz CT molecular complexity index is 523. The second-order valence-corrected chi connectivity index (χ2v) is 4.58. The minimum absolute atomic E-state index is 0.648. The molecule has 1 aromatic carbocycles. The lowest BCUT2D eigenvalue weighted by atomic mass is 10.1. The molecule has 0 fully saturated rings. The maximum absolute atomic E-state index is 5.71. The summed E-state index contributed by atoms with van der Waals surface area (Å²) >= 11 is 5.71. The van der Waals surface area contributed by atoms with E-state index in [-0.39, 0.29) is 0 Å². The molecule has 18 heavy (non-hydrogen) atoms. The van der Waals surface area contributed by atoms with E-state index in [0.717, 1.165) is 29.3 Å². The van der Waals surface area contributed by atoms with Crippen LogP contribution in [-0.4, -0.2) is 15.8 Å². The highest BCUT2D eigenvalue weighted by Gasteiger charge is 2.02. The van der Waals surface area contributed by atoms with Crippen LogP contribution in [0.5, 0.6) is 0 Å². The van der Waals surface area contributed by atoms with E-state index in [1.165, 1.54) is 5.56 Å². The third kappa shape index (κ3) is 3.20. The van der Waals surface area contributed by atoms with E-state index >= 15 is 0 Å². The Morgan fingerprint density at radius 2 is 1.89 bits per heavy atom. The molecule has 1 aromatic heterocycles. The summed E-state index contributed by atoms with van der Waals surface area (Å²) in [5.74, 6) is 1.45. The second-order valence-electron chi connectivity index (χ2n) is 4.21. The summed E-state index contributed by atoms with van der Waals surface area (Å²) in [6, 6.07) is 8.21. The fraction of sp³-hybridized carbons (Fsp3) is 0.286. The smallest absolute Gasteiger partial charge is 0.152 e. The maximum atomic E-state index is 5.71. The summed E-state index contributed by atoms with van der Waals surface area (Å²) in [6.45, 7) is 3.87. The molecule has 0 bridgehead atoms. The predicted octanol–water partition coefficient (Wildman–Crippen LogP) is 3.62. The van der Waals surface area contributed by atoms with Crippen LogP contribution < -0.4 is 5.32 Å². The average molecular weight is 262 g/mol. The maximum Gasteiger partial charge on any atom is 0.152 e. The van der Waals surface area contributed by atoms with Crippen molar-refractivity contribution in [3.63, 3.8) is 0 Å². The Morgan fingerprint density at radius 1 is 1.17 bits per heavy atom. The number of alkyl halides is 1. The van der Waals surface area contributed by atoms with Gasteiger partial charge in [-0.3, -0.25) is 4.98 Å². The van der Waals surface area contributed by atoms with E-state index in [1.54, 1.807) is 6.20 Å². The predicted molar refractivity (Wildman–Crippen MR) is 75.7 cm³/mol. The number of hydrogen-bond acceptors (Lipinski definition) is 3. The van der Waals surface area contributed by atoms with Crippen LogP contribution in [0.3, 0.4) is 0 Å². The van der Waals surface area contributed by atoms with Gasteiger partial charge in [-0.25, -0.2) is 4.98 Å². The van der Waals surface area contributed by atoms with Gasteiger partial charge in [-0.1, -0.05) is 12.1 Å². The Hall–Kier alpha value is -1.61. The summed E-state index contributed by atoms with van der Waals surface area (Å²) in [6.07, 6.45) is 2.66. The van der Waals surface area contributed by atoms with Gasteiger partial charge in [0.2, 0.25) is 0 Å². The lowest BCUT2D eigenvalue weighted by Gasteiger charge is -2.09. The molecule has 94 valence electrons. The summed E-state index contributed by atoms with van der Waals surface area (Å²) in [7, 11) is 0. The molecule has 1 heterocycles. The first-order chi connectivity index (χ1) is 8.69. The van der Waals surface area contributed by atoms with Crippen LogP contribution in [0.1, 0.15) is 17.0 Å². The Labute approximate surface area is 112 Å². The highest BCUT2D eigenvalue weighted by atomic mass is 35.5. The van der Waals surface area contributed by atoms with E-state index in [1.807, 2.05) is 26.0 Å². The molecular weight excluding hydrogens is 246 g/mol. The molecule has 0 radical (unpaired) electrons. The lowest BCUT2D eigenvalue weighted by Crippen LogP contribution is -2.00. The Morgan fingerprint density at radius 3 is 2.56 bits per heavy atom. The average Bonchev–Trinajstić information content (AvgIpc) is 2.37. The second kappa shape index (κ2) is 5.83. The number of anilines is 2. The van der Waals surface area contributed by atoms with E-state index in [4.69, 9.17) is 11.6 Å². The van der Waals surface area contributed by atoms with Crippen LogP contribution in [-0.2, 0) is 6.42 Å². The van der Waals surface area contributed by atoms with Gasteiger partial charge in [0.05, 0.1) is 11.4 Å². The monoisotopic (exact) mass is 261 g/mol. The first kappa shape index (κ1) is 12.8. The number of aromatic nitrogens is 2. The van der Waals surface area contributed by atoms with Gasteiger partial charge in [-0.15, -0.1) is 11.6 Å². The molecule has 2 rings (SSSR count). The molecule has 4 heteroatoms. The highest BCUT2D eigenvalue weighted by molar-refractivity contribution is 6.17. The van der Waals surface area contributed by atoms with Gasteiger partial charge in [0, 0.05) is 17.8 Å². The number of hydrogen-bond donors (Lipinski definition) is 1. The molecule has 0 saturated carbocycles. The number of nitrogens with one attached hydrogen (secondary N) is 1. The molecule has 0 aliphatic carbocycles. The van der Waals surface area contributed by atoms with Crippen LogP contribution in [0.25, 0.3) is 0 Å². The molecule has 0 saturated heterocycles. The number of rotatable bonds is 4. The van der Waals surface area contributed by atoms with E-state index in [9.17, 15) is 0 Å². The number of halogens is 1. The zero-order valence-corrected chi connectivity index (χ0v) is 11.3. The number of benzene rings is 1. The third-order valence-corrected chi connectivity index (χ3v) is 2.86. The van der Waals surface area contributed by atoms with Gasteiger partial charge in [-0.2, -0.15) is 0 Å². The summed E-state index contributed by atoms with van der Waals surface area (Å²) < 4.78 is 0. The molecule has 1 N–H and O–H groups in total. The zero-order valence-electron chi connectivity index (χ0n) is 10.6. The Kier molecular flexibility index (Phi) is 4.15. The first-order valence-corrected chi connectivity index (χ1v) is 6.44. The van der Waals surface area contributed by atoms with E-state index in [0.29, 0.717) is 5.88 Å². The normalized spacial score (nSPS) is 10.4. The van der Waals surface area contributed by atoms with Crippen molar-refractivity contribution in [1.29, 1.82) is 0 Å². The molecule has 0 unspecified atom stereocenters. The van der Waals surface area contributed by atoms with Gasteiger partial charge < -0.3 is 5.32 Å². The molecule has 0 aliphatic rings. The van der Waals surface area contributed by atoms with Crippen LogP contribution in [0.4, 0.5) is 11.5 Å². The van der Waals surface area contributed by atoms with Gasteiger partial charge in [0.1, 0.15) is 0 Å². The van der Waals surface area contributed by atoms with Gasteiger partial charge in [0.15, 0.2) is 5.82 Å². The Balaban J connectivity index is 2.15. The third-order valence-electron chi connectivity index (χ3n) is 2.68. The van der Waals surface area contributed by atoms with Gasteiger partial charge >= 0.3 is 0 Å². The zero-order chi connectivity index (χ0) is 13.0. The quantitative estimate of drug-likeness (QED) is 0.855. The molecule has 0 atom stereocenters. The van der Waals surface area contributed by atoms with Crippen molar-refractivity contribution < 1.29 is 0 Å². The fourth-order valence-electron chi connectivity index (χ4n) is 1.66. The topological polar surface area (TPSA) is 37.8 Å². The summed E-state index contributed by atoms with van der Waals surface area (Å²) in [4.78, 5) is 8.71. The van der Waals surface area contributed by atoms with Gasteiger partial charge in [0.25, 0.3) is 0 Å². The van der Waals surface area contributed by atoms with Crippen LogP contribution in [0.2, 0.25) is 0 Å². The van der Waals surface area contributed by atoms with Crippen molar-refractivity contribution >= 4 is 23.1 Å². The van der Waals surface area contributed by atoms with Crippen LogP contribution >= 0.6 is 11.6 Å². The summed E-state index contributed by atoms with van der Waals surface area (Å²) in [5.41, 5.74) is 4.05. The number of nitrogens with zero attached hydrogens (tertiary/aromatic N) is 2. The van der Waals surface area contributed by atoms with E-state index in [2.05, 4.69) is 27.4 Å². The van der Waals surface area contributed by atoms with Crippen molar-refractivity contribution in [3.8, 4) is 0 Å². The highest BCUT2D eigenvalue weighted by Crippen LogP contribution is 2.18. The fourth-order valence-corrected chi connectivity index (χ4v) is 1.87. The molecule has 0 amide bonds. The van der Waals surface area contributed by atoms with E-state index < -0.39 is 0 Å². The van der Waals surface area contributed by atoms with Crippen LogP contribution in [0, 0.1) is 13.8 Å². The molecule has 0 aliphatic heterocycles. The standard InChI is InChI=1S/C14H16ClN3/c1-10-9-16-11(2)14(17-10)18-13-5-3-12(4-6-13)7-8-15/h3-6,9H,7-8H2,1-2H3,(H,17,18). The minimum atomic E-state index is 0.648. The molecule has 2 aromatic rings. The molecular formula is C14H16ClN3. The molecule has 3 nitrogen and oxygen atoms in total. The van der Waals surface area contributed by atoms with Gasteiger partial charge in [-0.05, 0) is 38.0 Å². The molecule has 0 spiro atoms. The lowest BCUT2D eigenvalue weighted by molar-refractivity contribution is 1.07. The summed E-state index contributed by atoms with van der Waals surface area (Å²) in [5, 5.41) is 3.28. The van der Waals surface area contributed by atoms with Crippen molar-refractivity contribution in [2.75, 3.05) is 11.2 Å². The van der Waals surface area contributed by atoms with Crippen molar-refractivity contribution in [3.05, 3.63) is 47.4 Å². The van der Waals surface area contributed by atoms with Crippen molar-refractivity contribution in [1.82, 2.24) is 9.97 Å². The van der Waals surface area contributed by atoms with Crippen molar-refractivity contribution in [2.24, 2.45) is 0 Å². The van der Waals surface area contributed by atoms with Crippen molar-refractivity contribution in [2.45, 2.75) is 20.3 Å². The number of aryl methyl sites for hydroxylation is 3. The SMILES string of the molecule is Cc1cnc(C)c(Nc2ccc(CCCl)cc2)n1. The minimum Gasteiger partial charge on any atom is -0.339 e. The first-order valence-electron chi connectivity index (χ1n) is 5.91.